The first-order valence-electron chi connectivity index (χ1n) is 8.60. The molecule has 2 aromatic rings. The molecule has 0 unspecified atom stereocenters. The van der Waals surface area contributed by atoms with Gasteiger partial charge in [0.25, 0.3) is 0 Å². The molecule has 1 aliphatic rings. The quantitative estimate of drug-likeness (QED) is 0.269. The highest BCUT2D eigenvalue weighted by Crippen LogP contribution is 2.28. The van der Waals surface area contributed by atoms with Crippen LogP contribution in [0.15, 0.2) is 35.4 Å². The lowest BCUT2D eigenvalue weighted by Gasteiger charge is -2.34. The molecule has 1 saturated heterocycles. The molecule has 28 heavy (non-hydrogen) atoms. The minimum atomic E-state index is -2.21. The predicted molar refractivity (Wildman–Crippen MR) is 94.5 cm³/mol. The molecule has 150 valence electrons. The number of hydrazone groups is 1. The van der Waals surface area contributed by atoms with E-state index in [1.165, 1.54) is 0 Å². The second-order valence-electron chi connectivity index (χ2n) is 6.27. The first kappa shape index (κ1) is 20.2. The van der Waals surface area contributed by atoms with Crippen LogP contribution in [0.2, 0.25) is 0 Å². The molecular formula is C19H18F5N3O. The fourth-order valence-corrected chi connectivity index (χ4v) is 3.10. The van der Waals surface area contributed by atoms with Crippen LogP contribution in [0.4, 0.5) is 27.6 Å². The van der Waals surface area contributed by atoms with Gasteiger partial charge in [0.1, 0.15) is 5.69 Å². The highest BCUT2D eigenvalue weighted by Gasteiger charge is 2.27. The molecule has 4 nitrogen and oxygen atoms in total. The maximum Gasteiger partial charge on any atom is 0.200 e. The van der Waals surface area contributed by atoms with E-state index >= 15 is 0 Å². The molecule has 0 spiro atoms. The molecule has 1 N–H and O–H groups in total. The highest BCUT2D eigenvalue weighted by molar-refractivity contribution is 5.89. The van der Waals surface area contributed by atoms with Gasteiger partial charge in [-0.05, 0) is 12.5 Å². The summed E-state index contributed by atoms with van der Waals surface area (Å²) in [6, 6.07) is 8.93. The minimum absolute atomic E-state index is 0.348. The lowest BCUT2D eigenvalue weighted by atomic mass is 10.0. The van der Waals surface area contributed by atoms with E-state index in [2.05, 4.69) is 10.0 Å². The summed E-state index contributed by atoms with van der Waals surface area (Å²) in [4.78, 5) is 2.07. The average Bonchev–Trinajstić information content (AvgIpc) is 2.72. The molecule has 1 fully saturated rings. The van der Waals surface area contributed by atoms with Gasteiger partial charge in [0.15, 0.2) is 23.3 Å². The van der Waals surface area contributed by atoms with Gasteiger partial charge in [-0.3, -0.25) is 10.3 Å². The average molecular weight is 399 g/mol. The Labute approximate surface area is 158 Å². The number of halogens is 5. The van der Waals surface area contributed by atoms with Crippen LogP contribution >= 0.6 is 0 Å². The summed E-state index contributed by atoms with van der Waals surface area (Å²) in [6.07, 6.45) is 0. The number of nitrogens with zero attached hydrogens (tertiary/aromatic N) is 2. The third kappa shape index (κ3) is 4.00. The Morgan fingerprint density at radius 1 is 0.929 bits per heavy atom. The molecule has 3 rings (SSSR count). The summed E-state index contributed by atoms with van der Waals surface area (Å²) in [5, 5.41) is 3.93. The Hall–Kier alpha value is -2.52. The summed E-state index contributed by atoms with van der Waals surface area (Å²) in [5.41, 5.74) is 2.10. The van der Waals surface area contributed by atoms with Crippen molar-refractivity contribution in [3.8, 4) is 0 Å². The van der Waals surface area contributed by atoms with E-state index in [0.29, 0.717) is 32.0 Å². The van der Waals surface area contributed by atoms with Crippen molar-refractivity contribution in [2.24, 2.45) is 5.10 Å². The van der Waals surface area contributed by atoms with E-state index in [9.17, 15) is 22.0 Å². The standard InChI is InChI=1S/C19H18F5N3O/c1-11(25-26-18-16(23)14(21)13(20)15(22)17(18)24)19(12-5-3-2-4-6-12)27-7-9-28-10-8-27/h2-6,19,26H,7-10H2,1H3/b25-11-/t19-/m1/s1. The van der Waals surface area contributed by atoms with Crippen molar-refractivity contribution in [3.63, 3.8) is 0 Å². The molecule has 1 heterocycles. The number of morpholine rings is 1. The van der Waals surface area contributed by atoms with Gasteiger partial charge in [0.05, 0.1) is 25.0 Å². The van der Waals surface area contributed by atoms with Crippen molar-refractivity contribution in [3.05, 3.63) is 65.0 Å². The molecule has 1 atom stereocenters. The second-order valence-corrected chi connectivity index (χ2v) is 6.27. The minimum Gasteiger partial charge on any atom is -0.379 e. The van der Waals surface area contributed by atoms with Crippen molar-refractivity contribution in [2.75, 3.05) is 31.7 Å². The molecular weight excluding hydrogens is 381 g/mol. The van der Waals surface area contributed by atoms with Gasteiger partial charge in [0.2, 0.25) is 5.82 Å². The Kier molecular flexibility index (Phi) is 6.25. The zero-order valence-corrected chi connectivity index (χ0v) is 15.0. The predicted octanol–water partition coefficient (Wildman–Crippen LogP) is 4.24. The van der Waals surface area contributed by atoms with Crippen molar-refractivity contribution in [1.82, 2.24) is 4.90 Å². The van der Waals surface area contributed by atoms with Gasteiger partial charge in [-0.2, -0.15) is 5.10 Å². The van der Waals surface area contributed by atoms with E-state index in [1.54, 1.807) is 6.92 Å². The van der Waals surface area contributed by atoms with Gasteiger partial charge in [-0.15, -0.1) is 0 Å². The number of ether oxygens (including phenoxy) is 1. The van der Waals surface area contributed by atoms with Gasteiger partial charge in [-0.25, -0.2) is 22.0 Å². The van der Waals surface area contributed by atoms with Crippen LogP contribution in [0.3, 0.4) is 0 Å². The Bertz CT molecular complexity index is 841. The number of hydrogen-bond donors (Lipinski definition) is 1. The van der Waals surface area contributed by atoms with Crippen molar-refractivity contribution >= 4 is 11.4 Å². The lowest BCUT2D eigenvalue weighted by Crippen LogP contribution is -2.41. The number of hydrogen-bond acceptors (Lipinski definition) is 4. The smallest absolute Gasteiger partial charge is 0.200 e. The largest absolute Gasteiger partial charge is 0.379 e. The number of nitrogens with one attached hydrogen (secondary N) is 1. The second kappa shape index (κ2) is 8.66. The molecule has 0 aromatic heterocycles. The normalized spacial score (nSPS) is 16.9. The van der Waals surface area contributed by atoms with Gasteiger partial charge >= 0.3 is 0 Å². The summed E-state index contributed by atoms with van der Waals surface area (Å²) < 4.78 is 73.0. The maximum atomic E-state index is 13.9. The summed E-state index contributed by atoms with van der Waals surface area (Å²) >= 11 is 0. The van der Waals surface area contributed by atoms with E-state index in [1.807, 2.05) is 35.8 Å². The van der Waals surface area contributed by atoms with Crippen LogP contribution in [-0.2, 0) is 4.74 Å². The fraction of sp³-hybridized carbons (Fsp3) is 0.316. The summed E-state index contributed by atoms with van der Waals surface area (Å²) in [5.74, 6) is -10.2. The fourth-order valence-electron chi connectivity index (χ4n) is 3.10. The summed E-state index contributed by atoms with van der Waals surface area (Å²) in [6.45, 7) is 3.86. The van der Waals surface area contributed by atoms with Crippen LogP contribution in [0.25, 0.3) is 0 Å². The number of anilines is 1. The van der Waals surface area contributed by atoms with Crippen molar-refractivity contribution in [2.45, 2.75) is 13.0 Å². The van der Waals surface area contributed by atoms with E-state index < -0.39 is 34.8 Å². The monoisotopic (exact) mass is 399 g/mol. The first-order valence-corrected chi connectivity index (χ1v) is 8.60. The number of benzene rings is 2. The molecule has 2 aromatic carbocycles. The van der Waals surface area contributed by atoms with Crippen LogP contribution in [0.5, 0.6) is 0 Å². The molecule has 0 bridgehead atoms. The van der Waals surface area contributed by atoms with Crippen molar-refractivity contribution < 1.29 is 26.7 Å². The Morgan fingerprint density at radius 2 is 1.46 bits per heavy atom. The van der Waals surface area contributed by atoms with E-state index in [-0.39, 0.29) is 6.04 Å². The molecule has 1 aliphatic heterocycles. The Morgan fingerprint density at radius 3 is 2.04 bits per heavy atom. The number of rotatable bonds is 5. The van der Waals surface area contributed by atoms with Gasteiger partial charge < -0.3 is 4.74 Å². The summed E-state index contributed by atoms with van der Waals surface area (Å²) in [7, 11) is 0. The lowest BCUT2D eigenvalue weighted by molar-refractivity contribution is 0.0286. The van der Waals surface area contributed by atoms with E-state index in [0.717, 1.165) is 5.56 Å². The highest BCUT2D eigenvalue weighted by atomic mass is 19.2. The topological polar surface area (TPSA) is 36.9 Å². The third-order valence-corrected chi connectivity index (χ3v) is 4.48. The molecule has 9 heteroatoms. The van der Waals surface area contributed by atoms with Crippen LogP contribution < -0.4 is 5.43 Å². The molecule has 0 amide bonds. The zero-order chi connectivity index (χ0) is 20.3. The zero-order valence-electron chi connectivity index (χ0n) is 15.0. The van der Waals surface area contributed by atoms with Crippen molar-refractivity contribution in [1.29, 1.82) is 0 Å². The third-order valence-electron chi connectivity index (χ3n) is 4.48. The van der Waals surface area contributed by atoms with Crippen LogP contribution in [0, 0.1) is 29.1 Å². The van der Waals surface area contributed by atoms with E-state index in [4.69, 9.17) is 4.74 Å². The Balaban J connectivity index is 1.93. The van der Waals surface area contributed by atoms with Crippen LogP contribution in [0.1, 0.15) is 18.5 Å². The first-order chi connectivity index (χ1) is 13.4. The van der Waals surface area contributed by atoms with Gasteiger partial charge in [0, 0.05) is 13.1 Å². The SMILES string of the molecule is C/C(=N/Nc1c(F)c(F)c(F)c(F)c1F)[C@H](c1ccccc1)N1CCOCC1. The molecule has 0 radical (unpaired) electrons. The molecule has 0 saturated carbocycles. The molecule has 0 aliphatic carbocycles. The maximum absolute atomic E-state index is 13.9. The van der Waals surface area contributed by atoms with Gasteiger partial charge in [-0.1, -0.05) is 30.3 Å². The van der Waals surface area contributed by atoms with Crippen LogP contribution in [-0.4, -0.2) is 36.9 Å².